The van der Waals surface area contributed by atoms with Crippen molar-refractivity contribution in [2.24, 2.45) is 0 Å². The predicted octanol–water partition coefficient (Wildman–Crippen LogP) is 23.9. The molecule has 0 amide bonds. The SMILES string of the molecule is CC/C=C\C/C=C\C/C=C\C/C=C\C/C=C\C/C=C\C/C=C\C/C=C\CCCCCCCCC(=O)OCC(COC(=O)CCCCCCCCCCCCCCCCC)OC(=O)CCCCCCCC/C=C\C/C=C\C/C=C\C/C=C\CC. The van der Waals surface area contributed by atoms with Crippen molar-refractivity contribution in [3.05, 3.63) is 146 Å². The zero-order valence-corrected chi connectivity index (χ0v) is 53.9. The van der Waals surface area contributed by atoms with E-state index in [1.54, 1.807) is 0 Å². The minimum Gasteiger partial charge on any atom is -0.462 e. The quantitative estimate of drug-likeness (QED) is 0.0261. The average Bonchev–Trinajstić information content (AvgIpc) is 3.49. The Balaban J connectivity index is 4.39. The second-order valence-corrected chi connectivity index (χ2v) is 22.3. The highest BCUT2D eigenvalue weighted by atomic mass is 16.6. The first-order chi connectivity index (χ1) is 41.0. The first-order valence-electron chi connectivity index (χ1n) is 34.3. The van der Waals surface area contributed by atoms with Gasteiger partial charge < -0.3 is 14.2 Å². The maximum absolute atomic E-state index is 12.9. The van der Waals surface area contributed by atoms with E-state index in [1.807, 2.05) is 0 Å². The summed E-state index contributed by atoms with van der Waals surface area (Å²) in [6.07, 6.45) is 100.0. The van der Waals surface area contributed by atoms with Crippen molar-refractivity contribution in [3.8, 4) is 0 Å². The highest BCUT2D eigenvalue weighted by molar-refractivity contribution is 5.71. The second kappa shape index (κ2) is 69.8. The van der Waals surface area contributed by atoms with E-state index in [0.29, 0.717) is 19.3 Å². The Morgan fingerprint density at radius 1 is 0.253 bits per heavy atom. The maximum Gasteiger partial charge on any atom is 0.306 e. The number of carbonyl (C=O) groups is 3. The van der Waals surface area contributed by atoms with E-state index in [0.717, 1.165) is 161 Å². The second-order valence-electron chi connectivity index (χ2n) is 22.3. The topological polar surface area (TPSA) is 78.9 Å². The van der Waals surface area contributed by atoms with Crippen LogP contribution in [-0.2, 0) is 28.6 Å². The molecule has 83 heavy (non-hydrogen) atoms. The summed E-state index contributed by atoms with van der Waals surface area (Å²) in [6.45, 7) is 6.41. The Bertz CT molecular complexity index is 1800. The standard InChI is InChI=1S/C77H126O6/c1-4-7-10-13-16-19-22-25-28-30-32-33-34-35-36-37-38-39-40-41-42-43-45-46-49-52-55-58-61-64-67-70-76(79)82-73-74(72-81-75(78)69-66-63-60-57-54-51-48-27-24-21-18-15-12-9-6-3)83-77(80)71-68-65-62-59-56-53-50-47-44-31-29-26-23-20-17-14-11-8-5-2/h7-8,10-11,16-17,19-20,25-26,28-29,32-33,35-36,38-39,41-42,44-47,74H,4-6,9,12-15,18,21-24,27,30-31,34,37,40,43,48-73H2,1-3H3/b10-7-,11-8-,19-16-,20-17-,28-25-,29-26-,33-32-,36-35-,39-38-,42-41-,46-45-,47-44-. The van der Waals surface area contributed by atoms with Crippen molar-refractivity contribution >= 4 is 17.9 Å². The van der Waals surface area contributed by atoms with Gasteiger partial charge in [-0.05, 0) is 122 Å². The van der Waals surface area contributed by atoms with Crippen molar-refractivity contribution in [3.63, 3.8) is 0 Å². The zero-order chi connectivity index (χ0) is 59.9. The number of hydrogen-bond acceptors (Lipinski definition) is 6. The summed E-state index contributed by atoms with van der Waals surface area (Å²) < 4.78 is 16.9. The van der Waals surface area contributed by atoms with Gasteiger partial charge in [-0.25, -0.2) is 0 Å². The molecule has 0 saturated carbocycles. The van der Waals surface area contributed by atoms with Crippen LogP contribution in [0.2, 0.25) is 0 Å². The lowest BCUT2D eigenvalue weighted by Crippen LogP contribution is -2.30. The van der Waals surface area contributed by atoms with Crippen LogP contribution in [0.25, 0.3) is 0 Å². The van der Waals surface area contributed by atoms with Gasteiger partial charge in [-0.15, -0.1) is 0 Å². The highest BCUT2D eigenvalue weighted by Gasteiger charge is 2.19. The van der Waals surface area contributed by atoms with Crippen LogP contribution in [0.5, 0.6) is 0 Å². The average molecular weight is 1150 g/mol. The fraction of sp³-hybridized carbons (Fsp3) is 0.649. The lowest BCUT2D eigenvalue weighted by Gasteiger charge is -2.18. The maximum atomic E-state index is 12.9. The Morgan fingerprint density at radius 3 is 0.735 bits per heavy atom. The molecule has 0 heterocycles. The van der Waals surface area contributed by atoms with Crippen LogP contribution in [0.15, 0.2) is 146 Å². The Hall–Kier alpha value is -4.71. The molecule has 0 saturated heterocycles. The molecule has 0 aromatic heterocycles. The number of rotatable bonds is 61. The number of hydrogen-bond donors (Lipinski definition) is 0. The molecular weight excluding hydrogens is 1020 g/mol. The van der Waals surface area contributed by atoms with Gasteiger partial charge in [0.05, 0.1) is 0 Å². The third kappa shape index (κ3) is 68.0. The molecule has 1 unspecified atom stereocenters. The van der Waals surface area contributed by atoms with Gasteiger partial charge in [0, 0.05) is 19.3 Å². The monoisotopic (exact) mass is 1150 g/mol. The lowest BCUT2D eigenvalue weighted by molar-refractivity contribution is -0.167. The van der Waals surface area contributed by atoms with Crippen molar-refractivity contribution in [1.82, 2.24) is 0 Å². The van der Waals surface area contributed by atoms with Gasteiger partial charge in [0.15, 0.2) is 6.10 Å². The van der Waals surface area contributed by atoms with Gasteiger partial charge >= 0.3 is 17.9 Å². The van der Waals surface area contributed by atoms with E-state index in [1.165, 1.54) is 103 Å². The third-order valence-electron chi connectivity index (χ3n) is 14.3. The first kappa shape index (κ1) is 78.3. The van der Waals surface area contributed by atoms with Gasteiger partial charge in [0.25, 0.3) is 0 Å². The molecular formula is C77H126O6. The molecule has 0 fully saturated rings. The summed E-state index contributed by atoms with van der Waals surface area (Å²) >= 11 is 0. The van der Waals surface area contributed by atoms with Gasteiger partial charge in [0.2, 0.25) is 0 Å². The smallest absolute Gasteiger partial charge is 0.306 e. The molecule has 0 aliphatic rings. The number of unbranched alkanes of at least 4 members (excludes halogenated alkanes) is 26. The first-order valence-corrected chi connectivity index (χ1v) is 34.3. The largest absolute Gasteiger partial charge is 0.462 e. The summed E-state index contributed by atoms with van der Waals surface area (Å²) in [5.41, 5.74) is 0. The van der Waals surface area contributed by atoms with E-state index < -0.39 is 6.10 Å². The number of ether oxygens (including phenoxy) is 3. The predicted molar refractivity (Wildman–Crippen MR) is 362 cm³/mol. The summed E-state index contributed by atoms with van der Waals surface area (Å²) in [5.74, 6) is -0.914. The summed E-state index contributed by atoms with van der Waals surface area (Å²) in [4.78, 5) is 38.4. The Labute approximate surface area is 512 Å². The molecule has 470 valence electrons. The highest BCUT2D eigenvalue weighted by Crippen LogP contribution is 2.16. The van der Waals surface area contributed by atoms with E-state index >= 15 is 0 Å². The number of allylic oxidation sites excluding steroid dienone is 24. The lowest BCUT2D eigenvalue weighted by atomic mass is 10.0. The van der Waals surface area contributed by atoms with Crippen molar-refractivity contribution in [2.75, 3.05) is 13.2 Å². The molecule has 0 bridgehead atoms. The molecule has 0 spiro atoms. The van der Waals surface area contributed by atoms with Gasteiger partial charge in [-0.2, -0.15) is 0 Å². The van der Waals surface area contributed by atoms with Gasteiger partial charge in [0.1, 0.15) is 13.2 Å². The van der Waals surface area contributed by atoms with Crippen molar-refractivity contribution in [2.45, 2.75) is 309 Å². The molecule has 6 nitrogen and oxygen atoms in total. The van der Waals surface area contributed by atoms with E-state index in [4.69, 9.17) is 14.2 Å². The van der Waals surface area contributed by atoms with E-state index in [9.17, 15) is 14.4 Å². The van der Waals surface area contributed by atoms with Crippen LogP contribution in [0, 0.1) is 0 Å². The minimum absolute atomic E-state index is 0.0904. The van der Waals surface area contributed by atoms with Crippen LogP contribution in [-0.4, -0.2) is 37.2 Å². The van der Waals surface area contributed by atoms with Gasteiger partial charge in [-0.3, -0.25) is 14.4 Å². The van der Waals surface area contributed by atoms with Crippen molar-refractivity contribution in [1.29, 1.82) is 0 Å². The molecule has 1 atom stereocenters. The number of carbonyl (C=O) groups excluding carboxylic acids is 3. The minimum atomic E-state index is -0.798. The molecule has 0 aromatic carbocycles. The molecule has 0 rings (SSSR count). The molecule has 0 radical (unpaired) electrons. The summed E-state index contributed by atoms with van der Waals surface area (Å²) in [7, 11) is 0. The van der Waals surface area contributed by atoms with Gasteiger partial charge in [-0.1, -0.05) is 308 Å². The number of esters is 3. The Morgan fingerprint density at radius 2 is 0.470 bits per heavy atom. The van der Waals surface area contributed by atoms with Crippen LogP contribution < -0.4 is 0 Å². The fourth-order valence-corrected chi connectivity index (χ4v) is 9.27. The molecule has 0 N–H and O–H groups in total. The van der Waals surface area contributed by atoms with E-state index in [-0.39, 0.29) is 31.1 Å². The van der Waals surface area contributed by atoms with Crippen molar-refractivity contribution < 1.29 is 28.6 Å². The third-order valence-corrected chi connectivity index (χ3v) is 14.3. The summed E-state index contributed by atoms with van der Waals surface area (Å²) in [6, 6.07) is 0. The zero-order valence-electron chi connectivity index (χ0n) is 53.9. The summed E-state index contributed by atoms with van der Waals surface area (Å²) in [5, 5.41) is 0. The van der Waals surface area contributed by atoms with Crippen LogP contribution in [0.1, 0.15) is 303 Å². The van der Waals surface area contributed by atoms with Crippen LogP contribution in [0.4, 0.5) is 0 Å². The van der Waals surface area contributed by atoms with Crippen LogP contribution >= 0.6 is 0 Å². The molecule has 0 aromatic rings. The molecule has 6 heteroatoms. The fourth-order valence-electron chi connectivity index (χ4n) is 9.27. The Kier molecular flexibility index (Phi) is 65.8. The molecule has 0 aliphatic carbocycles. The molecule has 0 aliphatic heterocycles. The van der Waals surface area contributed by atoms with E-state index in [2.05, 4.69) is 167 Å². The normalized spacial score (nSPS) is 13.0. The van der Waals surface area contributed by atoms with Crippen LogP contribution in [0.3, 0.4) is 0 Å².